The van der Waals surface area contributed by atoms with Crippen molar-refractivity contribution in [2.24, 2.45) is 5.92 Å². The summed E-state index contributed by atoms with van der Waals surface area (Å²) in [6.07, 6.45) is 35.4. The van der Waals surface area contributed by atoms with Gasteiger partial charge in [-0.3, -0.25) is 0 Å². The van der Waals surface area contributed by atoms with E-state index in [1.54, 1.807) is 0 Å². The first-order chi connectivity index (χ1) is 16.2. The summed E-state index contributed by atoms with van der Waals surface area (Å²) in [6, 6.07) is 0. The van der Waals surface area contributed by atoms with Gasteiger partial charge in [-0.1, -0.05) is 150 Å². The summed E-state index contributed by atoms with van der Waals surface area (Å²) >= 11 is 0. The largest absolute Gasteiger partial charge is 0.356 e. The molecule has 0 aromatic rings. The third-order valence-corrected chi connectivity index (χ3v) is 7.52. The lowest BCUT2D eigenvalue weighted by molar-refractivity contribution is 0.104. The van der Waals surface area contributed by atoms with Crippen LogP contribution in [-0.2, 0) is 0 Å². The number of unbranched alkanes of at least 4 members (excludes halogenated alkanes) is 19. The first-order valence-corrected chi connectivity index (χ1v) is 15.4. The Morgan fingerprint density at radius 1 is 0.455 bits per heavy atom. The molecule has 0 amide bonds. The number of nitrogens with zero attached hydrogens (tertiary/aromatic N) is 2. The van der Waals surface area contributed by atoms with Gasteiger partial charge in [0.25, 0.3) is 0 Å². The molecule has 2 nitrogen and oxygen atoms in total. The van der Waals surface area contributed by atoms with E-state index in [-0.39, 0.29) is 0 Å². The molecule has 1 aliphatic rings. The van der Waals surface area contributed by atoms with Gasteiger partial charge >= 0.3 is 0 Å². The zero-order valence-corrected chi connectivity index (χ0v) is 23.5. The van der Waals surface area contributed by atoms with Crippen LogP contribution in [0.4, 0.5) is 0 Å². The monoisotopic (exact) mass is 462 g/mol. The zero-order chi connectivity index (χ0) is 24.0. The summed E-state index contributed by atoms with van der Waals surface area (Å²) in [5, 5.41) is 0. The Balaban J connectivity index is 1.97. The van der Waals surface area contributed by atoms with E-state index >= 15 is 0 Å². The number of hydrogen-bond donors (Lipinski definition) is 0. The van der Waals surface area contributed by atoms with Gasteiger partial charge in [-0.2, -0.15) is 0 Å². The molecule has 1 rings (SSSR count). The molecule has 0 aliphatic carbocycles. The second-order valence-electron chi connectivity index (χ2n) is 11.1. The lowest BCUT2D eigenvalue weighted by atomic mass is 10.0. The highest BCUT2D eigenvalue weighted by molar-refractivity contribution is 4.98. The first-order valence-electron chi connectivity index (χ1n) is 15.4. The van der Waals surface area contributed by atoms with E-state index in [4.69, 9.17) is 0 Å². The van der Waals surface area contributed by atoms with Crippen LogP contribution in [0.2, 0.25) is 0 Å². The Morgan fingerprint density at radius 3 is 1.00 bits per heavy atom. The Kier molecular flexibility index (Phi) is 20.1. The van der Waals surface area contributed by atoms with Crippen LogP contribution in [0.25, 0.3) is 0 Å². The van der Waals surface area contributed by atoms with Gasteiger partial charge in [0.2, 0.25) is 0 Å². The molecule has 0 saturated heterocycles. The molecule has 1 unspecified atom stereocenters. The topological polar surface area (TPSA) is 6.48 Å². The summed E-state index contributed by atoms with van der Waals surface area (Å²) < 4.78 is 0. The highest BCUT2D eigenvalue weighted by Gasteiger charge is 2.28. The molecule has 0 N–H and O–H groups in total. The molecule has 0 saturated carbocycles. The average Bonchev–Trinajstić information content (AvgIpc) is 3.21. The Morgan fingerprint density at radius 2 is 0.727 bits per heavy atom. The second kappa shape index (κ2) is 21.8. The Hall–Kier alpha value is -0.660. The molecule has 0 aromatic heterocycles. The van der Waals surface area contributed by atoms with E-state index in [9.17, 15) is 0 Å². The predicted molar refractivity (Wildman–Crippen MR) is 149 cm³/mol. The minimum absolute atomic E-state index is 0.590. The maximum atomic E-state index is 2.63. The normalized spacial score (nSPS) is 16.0. The fourth-order valence-electron chi connectivity index (χ4n) is 5.46. The fourth-order valence-corrected chi connectivity index (χ4v) is 5.46. The molecule has 33 heavy (non-hydrogen) atoms. The summed E-state index contributed by atoms with van der Waals surface area (Å²) in [7, 11) is 0. The van der Waals surface area contributed by atoms with E-state index in [1.807, 2.05) is 0 Å². The molecule has 196 valence electrons. The van der Waals surface area contributed by atoms with Crippen molar-refractivity contribution in [3.63, 3.8) is 0 Å². The van der Waals surface area contributed by atoms with E-state index in [0.29, 0.717) is 12.1 Å². The van der Waals surface area contributed by atoms with Gasteiger partial charge in [-0.15, -0.1) is 0 Å². The summed E-state index contributed by atoms with van der Waals surface area (Å²) in [6.45, 7) is 11.9. The van der Waals surface area contributed by atoms with Crippen molar-refractivity contribution in [3.8, 4) is 0 Å². The molecular weight excluding hydrogens is 400 g/mol. The van der Waals surface area contributed by atoms with Gasteiger partial charge in [0, 0.05) is 25.5 Å². The highest BCUT2D eigenvalue weighted by atomic mass is 15.4. The quantitative estimate of drug-likeness (QED) is 0.132. The van der Waals surface area contributed by atoms with Crippen LogP contribution < -0.4 is 0 Å². The third kappa shape index (κ3) is 15.8. The van der Waals surface area contributed by atoms with Crippen molar-refractivity contribution in [1.29, 1.82) is 0 Å². The predicted octanol–water partition coefficient (Wildman–Crippen LogP) is 10.3. The summed E-state index contributed by atoms with van der Waals surface area (Å²) in [5.41, 5.74) is 0. The smallest absolute Gasteiger partial charge is 0.103 e. The van der Waals surface area contributed by atoms with Crippen LogP contribution in [0.3, 0.4) is 0 Å². The van der Waals surface area contributed by atoms with Crippen molar-refractivity contribution in [2.45, 2.75) is 169 Å². The molecule has 1 heterocycles. The zero-order valence-electron chi connectivity index (χ0n) is 23.5. The van der Waals surface area contributed by atoms with E-state index in [1.165, 1.54) is 148 Å². The number of hydrogen-bond acceptors (Lipinski definition) is 2. The minimum Gasteiger partial charge on any atom is -0.356 e. The molecule has 1 atom stereocenters. The minimum atomic E-state index is 0.590. The standard InChI is InChI=1S/C31H62N2/c1-5-7-9-11-13-14-15-16-17-18-19-20-21-23-25-27-33-29-28-32(31(33)30(3)4)26-24-22-12-10-8-6-2/h28-31H,5-27H2,1-4H3. The van der Waals surface area contributed by atoms with Gasteiger partial charge in [-0.25, -0.2) is 0 Å². The van der Waals surface area contributed by atoms with Crippen molar-refractivity contribution < 1.29 is 0 Å². The van der Waals surface area contributed by atoms with Crippen LogP contribution in [0.1, 0.15) is 163 Å². The first kappa shape index (κ1) is 30.4. The Bertz CT molecular complexity index is 431. The van der Waals surface area contributed by atoms with Crippen molar-refractivity contribution in [2.75, 3.05) is 13.1 Å². The molecule has 1 aliphatic heterocycles. The molecule has 0 fully saturated rings. The average molecular weight is 463 g/mol. The van der Waals surface area contributed by atoms with Gasteiger partial charge < -0.3 is 9.80 Å². The summed E-state index contributed by atoms with van der Waals surface area (Å²) in [4.78, 5) is 5.25. The fraction of sp³-hybridized carbons (Fsp3) is 0.935. The van der Waals surface area contributed by atoms with E-state index < -0.39 is 0 Å². The molecule has 0 spiro atoms. The lowest BCUT2D eigenvalue weighted by Crippen LogP contribution is -2.43. The van der Waals surface area contributed by atoms with Crippen LogP contribution in [0.5, 0.6) is 0 Å². The van der Waals surface area contributed by atoms with Crippen LogP contribution in [0, 0.1) is 5.92 Å². The van der Waals surface area contributed by atoms with Gasteiger partial charge in [0.1, 0.15) is 6.17 Å². The van der Waals surface area contributed by atoms with E-state index in [0.717, 1.165) is 0 Å². The van der Waals surface area contributed by atoms with Crippen molar-refractivity contribution >= 4 is 0 Å². The van der Waals surface area contributed by atoms with Gasteiger partial charge in [-0.05, 0) is 18.8 Å². The SMILES string of the molecule is CCCCCCCCCCCCCCCCCN1C=CN(CCCCCCCC)C1C(C)C. The van der Waals surface area contributed by atoms with Crippen LogP contribution in [-0.4, -0.2) is 29.1 Å². The molecule has 0 bridgehead atoms. The summed E-state index contributed by atoms with van der Waals surface area (Å²) in [5.74, 6) is 0.691. The van der Waals surface area contributed by atoms with E-state index in [2.05, 4.69) is 49.9 Å². The lowest BCUT2D eigenvalue weighted by Gasteiger charge is -2.36. The molecule has 0 radical (unpaired) electrons. The van der Waals surface area contributed by atoms with Crippen LogP contribution in [0.15, 0.2) is 12.4 Å². The second-order valence-corrected chi connectivity index (χ2v) is 11.1. The maximum absolute atomic E-state index is 2.63. The van der Waals surface area contributed by atoms with Gasteiger partial charge in [0.05, 0.1) is 0 Å². The Labute approximate surface area is 210 Å². The maximum Gasteiger partial charge on any atom is 0.103 e. The highest BCUT2D eigenvalue weighted by Crippen LogP contribution is 2.24. The number of rotatable bonds is 24. The van der Waals surface area contributed by atoms with Crippen LogP contribution >= 0.6 is 0 Å². The van der Waals surface area contributed by atoms with Gasteiger partial charge in [0.15, 0.2) is 0 Å². The van der Waals surface area contributed by atoms with Crippen molar-refractivity contribution in [3.05, 3.63) is 12.4 Å². The molecule has 0 aromatic carbocycles. The van der Waals surface area contributed by atoms with Crippen molar-refractivity contribution in [1.82, 2.24) is 9.80 Å². The molecule has 2 heteroatoms. The molecular formula is C31H62N2. The third-order valence-electron chi connectivity index (χ3n) is 7.52.